The van der Waals surface area contributed by atoms with Gasteiger partial charge in [-0.15, -0.1) is 0 Å². The molecule has 156 valence electrons. The van der Waals surface area contributed by atoms with Gasteiger partial charge in [0, 0.05) is 38.2 Å². The number of ether oxygens (including phenoxy) is 2. The van der Waals surface area contributed by atoms with E-state index in [4.69, 9.17) is 9.47 Å². The highest BCUT2D eigenvalue weighted by molar-refractivity contribution is 5.79. The molecule has 5 nitrogen and oxygen atoms in total. The van der Waals surface area contributed by atoms with Crippen LogP contribution in [0, 0.1) is 12.7 Å². The zero-order valence-corrected chi connectivity index (χ0v) is 17.4. The molecule has 3 rings (SSSR count). The first-order chi connectivity index (χ1) is 14.1. The Kier molecular flexibility index (Phi) is 7.09. The highest BCUT2D eigenvalue weighted by atomic mass is 19.1. The van der Waals surface area contributed by atoms with E-state index in [0.717, 1.165) is 47.8 Å². The predicted molar refractivity (Wildman–Crippen MR) is 114 cm³/mol. The van der Waals surface area contributed by atoms with Gasteiger partial charge in [-0.2, -0.15) is 0 Å². The molecule has 1 aliphatic rings. The summed E-state index contributed by atoms with van der Waals surface area (Å²) in [7, 11) is 3.41. The molecular weight excluding hydrogens is 369 g/mol. The zero-order valence-electron chi connectivity index (χ0n) is 17.4. The van der Waals surface area contributed by atoms with Crippen LogP contribution in [0.5, 0.6) is 5.75 Å². The fraction of sp³-hybridized carbons (Fsp3) is 0.435. The van der Waals surface area contributed by atoms with E-state index in [0.29, 0.717) is 19.8 Å². The second-order valence-electron chi connectivity index (χ2n) is 7.52. The Morgan fingerprint density at radius 1 is 1.14 bits per heavy atom. The van der Waals surface area contributed by atoms with Crippen molar-refractivity contribution in [3.05, 3.63) is 65.0 Å². The van der Waals surface area contributed by atoms with E-state index >= 15 is 0 Å². The van der Waals surface area contributed by atoms with Gasteiger partial charge < -0.3 is 20.1 Å². The molecule has 0 unspecified atom stereocenters. The molecule has 2 aromatic rings. The SMILES string of the molecule is CN=C(NCc1ccc(C)cc1OCCOC)NCC1(c2cccc(F)c2)CC1. The second kappa shape index (κ2) is 9.74. The molecule has 1 fully saturated rings. The van der Waals surface area contributed by atoms with Crippen molar-refractivity contribution in [2.45, 2.75) is 31.7 Å². The molecule has 1 aliphatic carbocycles. The standard InChI is InChI=1S/C23H30FN3O2/c1-17-7-8-18(21(13-17)29-12-11-28-3)15-26-22(25-2)27-16-23(9-10-23)19-5-4-6-20(24)14-19/h4-8,13-14H,9-12,15-16H2,1-3H3,(H2,25,26,27). The normalized spacial score (nSPS) is 15.1. The van der Waals surface area contributed by atoms with Crippen LogP contribution in [0.3, 0.4) is 0 Å². The first-order valence-corrected chi connectivity index (χ1v) is 9.98. The van der Waals surface area contributed by atoms with Crippen LogP contribution in [-0.4, -0.2) is 39.9 Å². The van der Waals surface area contributed by atoms with Crippen LogP contribution in [0.1, 0.15) is 29.5 Å². The number of rotatable bonds is 9. The number of aryl methyl sites for hydroxylation is 1. The van der Waals surface area contributed by atoms with E-state index in [1.54, 1.807) is 26.3 Å². The topological polar surface area (TPSA) is 54.9 Å². The van der Waals surface area contributed by atoms with E-state index in [-0.39, 0.29) is 11.2 Å². The fourth-order valence-corrected chi connectivity index (χ4v) is 3.37. The van der Waals surface area contributed by atoms with Gasteiger partial charge in [0.15, 0.2) is 5.96 Å². The molecular formula is C23H30FN3O2. The molecule has 0 saturated heterocycles. The number of hydrogen-bond acceptors (Lipinski definition) is 3. The lowest BCUT2D eigenvalue weighted by Gasteiger charge is -2.20. The first-order valence-electron chi connectivity index (χ1n) is 9.98. The Balaban J connectivity index is 1.57. The molecule has 29 heavy (non-hydrogen) atoms. The third-order valence-electron chi connectivity index (χ3n) is 5.32. The second-order valence-corrected chi connectivity index (χ2v) is 7.52. The van der Waals surface area contributed by atoms with Crippen LogP contribution < -0.4 is 15.4 Å². The molecule has 0 aliphatic heterocycles. The number of benzene rings is 2. The van der Waals surface area contributed by atoms with Gasteiger partial charge >= 0.3 is 0 Å². The Morgan fingerprint density at radius 3 is 2.66 bits per heavy atom. The molecule has 0 radical (unpaired) electrons. The van der Waals surface area contributed by atoms with Gasteiger partial charge in [0.05, 0.1) is 6.61 Å². The van der Waals surface area contributed by atoms with Gasteiger partial charge in [-0.1, -0.05) is 24.3 Å². The van der Waals surface area contributed by atoms with Crippen LogP contribution >= 0.6 is 0 Å². The van der Waals surface area contributed by atoms with Crippen molar-refractivity contribution in [2.24, 2.45) is 4.99 Å². The van der Waals surface area contributed by atoms with Gasteiger partial charge in [0.25, 0.3) is 0 Å². The molecule has 0 spiro atoms. The summed E-state index contributed by atoms with van der Waals surface area (Å²) in [5, 5.41) is 6.75. The molecule has 0 atom stereocenters. The summed E-state index contributed by atoms with van der Waals surface area (Å²) < 4.78 is 24.5. The van der Waals surface area contributed by atoms with Crippen molar-refractivity contribution in [3.8, 4) is 5.75 Å². The summed E-state index contributed by atoms with van der Waals surface area (Å²) in [6.45, 7) is 4.42. The van der Waals surface area contributed by atoms with E-state index in [9.17, 15) is 4.39 Å². The number of nitrogens with zero attached hydrogens (tertiary/aromatic N) is 1. The van der Waals surface area contributed by atoms with Crippen molar-refractivity contribution in [1.82, 2.24) is 10.6 Å². The van der Waals surface area contributed by atoms with E-state index in [1.807, 2.05) is 19.1 Å². The Labute approximate surface area is 172 Å². The Bertz CT molecular complexity index is 850. The van der Waals surface area contributed by atoms with Crippen LogP contribution in [0.25, 0.3) is 0 Å². The molecule has 6 heteroatoms. The van der Waals surface area contributed by atoms with Crippen molar-refractivity contribution < 1.29 is 13.9 Å². The van der Waals surface area contributed by atoms with Crippen molar-refractivity contribution in [1.29, 1.82) is 0 Å². The average Bonchev–Trinajstić information content (AvgIpc) is 3.51. The molecule has 0 amide bonds. The van der Waals surface area contributed by atoms with Gasteiger partial charge in [0.1, 0.15) is 18.2 Å². The van der Waals surface area contributed by atoms with E-state index in [2.05, 4.69) is 27.8 Å². The maximum absolute atomic E-state index is 13.6. The molecule has 2 N–H and O–H groups in total. The van der Waals surface area contributed by atoms with Crippen LogP contribution in [0.4, 0.5) is 4.39 Å². The molecule has 0 bridgehead atoms. The summed E-state index contributed by atoms with van der Waals surface area (Å²) in [5.41, 5.74) is 3.25. The lowest BCUT2D eigenvalue weighted by molar-refractivity contribution is 0.145. The zero-order chi connectivity index (χ0) is 20.7. The van der Waals surface area contributed by atoms with Gasteiger partial charge in [-0.3, -0.25) is 4.99 Å². The minimum atomic E-state index is -0.184. The summed E-state index contributed by atoms with van der Waals surface area (Å²) >= 11 is 0. The number of halogens is 1. The maximum Gasteiger partial charge on any atom is 0.191 e. The fourth-order valence-electron chi connectivity index (χ4n) is 3.37. The minimum absolute atomic E-state index is 0.00198. The van der Waals surface area contributed by atoms with Crippen molar-refractivity contribution in [3.63, 3.8) is 0 Å². The summed E-state index contributed by atoms with van der Waals surface area (Å²) in [5.74, 6) is 1.39. The lowest BCUT2D eigenvalue weighted by Crippen LogP contribution is -2.41. The Morgan fingerprint density at radius 2 is 1.97 bits per heavy atom. The average molecular weight is 400 g/mol. The monoisotopic (exact) mass is 399 g/mol. The predicted octanol–water partition coefficient (Wildman–Crippen LogP) is 3.56. The van der Waals surface area contributed by atoms with Crippen molar-refractivity contribution >= 4 is 5.96 Å². The highest BCUT2D eigenvalue weighted by Crippen LogP contribution is 2.47. The first kappa shape index (κ1) is 21.1. The number of nitrogens with one attached hydrogen (secondary N) is 2. The van der Waals surface area contributed by atoms with Crippen LogP contribution in [-0.2, 0) is 16.7 Å². The Hall–Kier alpha value is -2.60. The molecule has 0 heterocycles. The van der Waals surface area contributed by atoms with Gasteiger partial charge in [-0.25, -0.2) is 4.39 Å². The van der Waals surface area contributed by atoms with Gasteiger partial charge in [-0.05, 0) is 49.1 Å². The quantitative estimate of drug-likeness (QED) is 0.385. The summed E-state index contributed by atoms with van der Waals surface area (Å²) in [6.07, 6.45) is 2.10. The van der Waals surface area contributed by atoms with Crippen molar-refractivity contribution in [2.75, 3.05) is 33.9 Å². The number of methoxy groups -OCH3 is 1. The highest BCUT2D eigenvalue weighted by Gasteiger charge is 2.44. The molecule has 2 aromatic carbocycles. The maximum atomic E-state index is 13.6. The van der Waals surface area contributed by atoms with Crippen LogP contribution in [0.15, 0.2) is 47.5 Å². The number of hydrogen-bond donors (Lipinski definition) is 2. The van der Waals surface area contributed by atoms with E-state index in [1.165, 1.54) is 6.07 Å². The number of aliphatic imine (C=N–C) groups is 1. The lowest BCUT2D eigenvalue weighted by atomic mass is 9.96. The summed E-state index contributed by atoms with van der Waals surface area (Å²) in [4.78, 5) is 4.33. The van der Waals surface area contributed by atoms with Crippen LogP contribution in [0.2, 0.25) is 0 Å². The third kappa shape index (κ3) is 5.70. The third-order valence-corrected chi connectivity index (χ3v) is 5.32. The minimum Gasteiger partial charge on any atom is -0.491 e. The summed E-state index contributed by atoms with van der Waals surface area (Å²) in [6, 6.07) is 13.1. The van der Waals surface area contributed by atoms with E-state index < -0.39 is 0 Å². The molecule has 1 saturated carbocycles. The smallest absolute Gasteiger partial charge is 0.191 e. The number of guanidine groups is 1. The largest absolute Gasteiger partial charge is 0.491 e. The molecule has 0 aromatic heterocycles. The van der Waals surface area contributed by atoms with Gasteiger partial charge in [0.2, 0.25) is 0 Å².